The van der Waals surface area contributed by atoms with Gasteiger partial charge in [-0.2, -0.15) is 0 Å². The molecule has 0 amide bonds. The van der Waals surface area contributed by atoms with Gasteiger partial charge in [0.1, 0.15) is 11.0 Å². The van der Waals surface area contributed by atoms with E-state index in [1.807, 2.05) is 18.2 Å². The van der Waals surface area contributed by atoms with E-state index in [1.54, 1.807) is 30.3 Å². The first-order valence-corrected chi connectivity index (χ1v) is 11.5. The fourth-order valence-corrected chi connectivity index (χ4v) is 4.59. The quantitative estimate of drug-likeness (QED) is 0.302. The number of carboxylic acid groups (broad SMARTS) is 1. The van der Waals surface area contributed by atoms with Crippen molar-refractivity contribution in [2.45, 2.75) is 10.9 Å². The van der Waals surface area contributed by atoms with Gasteiger partial charge in [0, 0.05) is 48.7 Å². The molecule has 9 heteroatoms. The van der Waals surface area contributed by atoms with Crippen LogP contribution in [-0.2, 0) is 5.75 Å². The van der Waals surface area contributed by atoms with Crippen LogP contribution in [0, 0.1) is 0 Å². The molecule has 0 aliphatic carbocycles. The molecule has 31 heavy (non-hydrogen) atoms. The van der Waals surface area contributed by atoms with Crippen molar-refractivity contribution in [3.05, 3.63) is 75.9 Å². The standard InChI is InChI=1S/C22H20Cl2N4O2S/c23-17-2-1-3-18(12-17)27-8-10-28(11-9-27)20-13-19(24)25-22(26-20)31-14-15-4-6-16(7-5-15)21(29)30/h1-7,12-13H,8-11,14H2,(H,29,30). The van der Waals surface area contributed by atoms with Gasteiger partial charge >= 0.3 is 5.97 Å². The Bertz CT molecular complexity index is 1070. The molecule has 3 aromatic rings. The highest BCUT2D eigenvalue weighted by Gasteiger charge is 2.20. The summed E-state index contributed by atoms with van der Waals surface area (Å²) < 4.78 is 0. The van der Waals surface area contributed by atoms with Crippen molar-refractivity contribution < 1.29 is 9.90 Å². The Morgan fingerprint density at radius 3 is 2.35 bits per heavy atom. The van der Waals surface area contributed by atoms with E-state index in [1.165, 1.54) is 11.8 Å². The second kappa shape index (κ2) is 9.77. The second-order valence-electron chi connectivity index (χ2n) is 7.08. The van der Waals surface area contributed by atoms with E-state index in [4.69, 9.17) is 28.3 Å². The molecule has 2 aromatic carbocycles. The van der Waals surface area contributed by atoms with E-state index in [0.717, 1.165) is 48.3 Å². The topological polar surface area (TPSA) is 69.6 Å². The largest absolute Gasteiger partial charge is 0.478 e. The number of benzene rings is 2. The summed E-state index contributed by atoms with van der Waals surface area (Å²) in [5, 5.41) is 10.8. The van der Waals surface area contributed by atoms with Crippen molar-refractivity contribution in [2.75, 3.05) is 36.0 Å². The first-order valence-electron chi connectivity index (χ1n) is 9.73. The fraction of sp³-hybridized carbons (Fsp3) is 0.227. The Balaban J connectivity index is 1.39. The predicted octanol–water partition coefficient (Wildman–Crippen LogP) is 5.10. The molecule has 2 heterocycles. The molecule has 1 fully saturated rings. The highest BCUT2D eigenvalue weighted by Crippen LogP contribution is 2.27. The molecule has 160 valence electrons. The lowest BCUT2D eigenvalue weighted by Gasteiger charge is -2.36. The normalized spacial score (nSPS) is 14.0. The second-order valence-corrected chi connectivity index (χ2v) is 8.84. The van der Waals surface area contributed by atoms with Crippen LogP contribution in [0.25, 0.3) is 0 Å². The van der Waals surface area contributed by atoms with E-state index in [0.29, 0.717) is 16.1 Å². The predicted molar refractivity (Wildman–Crippen MR) is 126 cm³/mol. The van der Waals surface area contributed by atoms with Crippen LogP contribution in [0.5, 0.6) is 0 Å². The van der Waals surface area contributed by atoms with Crippen molar-refractivity contribution in [1.82, 2.24) is 9.97 Å². The fourth-order valence-electron chi connectivity index (χ4n) is 3.37. The highest BCUT2D eigenvalue weighted by molar-refractivity contribution is 7.98. The summed E-state index contributed by atoms with van der Waals surface area (Å²) in [6, 6.07) is 16.5. The number of thioether (sulfide) groups is 1. The van der Waals surface area contributed by atoms with Gasteiger partial charge in [0.25, 0.3) is 0 Å². The molecule has 6 nitrogen and oxygen atoms in total. The summed E-state index contributed by atoms with van der Waals surface area (Å²) in [6.07, 6.45) is 0. The van der Waals surface area contributed by atoms with Crippen LogP contribution in [0.15, 0.2) is 59.8 Å². The first kappa shape index (κ1) is 21.7. The van der Waals surface area contributed by atoms with Crippen molar-refractivity contribution in [3.63, 3.8) is 0 Å². The van der Waals surface area contributed by atoms with Crippen LogP contribution in [0.1, 0.15) is 15.9 Å². The SMILES string of the molecule is O=C(O)c1ccc(CSc2nc(Cl)cc(N3CCN(c4cccc(Cl)c4)CC3)n2)cc1. The van der Waals surface area contributed by atoms with Gasteiger partial charge in [0.05, 0.1) is 5.56 Å². The summed E-state index contributed by atoms with van der Waals surface area (Å²) in [5.74, 6) is 0.509. The third-order valence-electron chi connectivity index (χ3n) is 5.01. The summed E-state index contributed by atoms with van der Waals surface area (Å²) in [6.45, 7) is 3.36. The molecule has 0 bridgehead atoms. The lowest BCUT2D eigenvalue weighted by atomic mass is 10.1. The molecule has 1 N–H and O–H groups in total. The van der Waals surface area contributed by atoms with Gasteiger partial charge in [0.2, 0.25) is 0 Å². The zero-order valence-corrected chi connectivity index (χ0v) is 18.9. The van der Waals surface area contributed by atoms with Gasteiger partial charge in [0.15, 0.2) is 5.16 Å². The number of rotatable bonds is 6. The average molecular weight is 475 g/mol. The van der Waals surface area contributed by atoms with Crippen LogP contribution < -0.4 is 9.80 Å². The smallest absolute Gasteiger partial charge is 0.335 e. The molecule has 4 rings (SSSR count). The molecule has 1 aliphatic heterocycles. The Morgan fingerprint density at radius 1 is 0.968 bits per heavy atom. The lowest BCUT2D eigenvalue weighted by molar-refractivity contribution is 0.0697. The number of aromatic carboxylic acids is 1. The number of carbonyl (C=O) groups is 1. The Kier molecular flexibility index (Phi) is 6.85. The van der Waals surface area contributed by atoms with Gasteiger partial charge in [-0.3, -0.25) is 0 Å². The van der Waals surface area contributed by atoms with Gasteiger partial charge in [-0.25, -0.2) is 14.8 Å². The molecule has 0 atom stereocenters. The molecule has 0 spiro atoms. The van der Waals surface area contributed by atoms with E-state index in [2.05, 4.69) is 25.8 Å². The number of anilines is 2. The van der Waals surface area contributed by atoms with Crippen LogP contribution in [0.2, 0.25) is 10.2 Å². The zero-order valence-electron chi connectivity index (χ0n) is 16.5. The minimum Gasteiger partial charge on any atom is -0.478 e. The number of carboxylic acids is 1. The Morgan fingerprint density at radius 2 is 1.68 bits per heavy atom. The van der Waals surface area contributed by atoms with Crippen LogP contribution in [0.4, 0.5) is 11.5 Å². The zero-order chi connectivity index (χ0) is 21.8. The number of nitrogens with zero attached hydrogens (tertiary/aromatic N) is 4. The minimum absolute atomic E-state index is 0.270. The number of halogens is 2. The van der Waals surface area contributed by atoms with E-state index >= 15 is 0 Å². The molecular weight excluding hydrogens is 455 g/mol. The molecule has 0 saturated carbocycles. The molecule has 1 saturated heterocycles. The van der Waals surface area contributed by atoms with E-state index < -0.39 is 5.97 Å². The van der Waals surface area contributed by atoms with Gasteiger partial charge in [-0.1, -0.05) is 53.2 Å². The number of aromatic nitrogens is 2. The van der Waals surface area contributed by atoms with Crippen LogP contribution in [0.3, 0.4) is 0 Å². The molecular formula is C22H20Cl2N4O2S. The first-order chi connectivity index (χ1) is 15.0. The molecule has 0 radical (unpaired) electrons. The van der Waals surface area contributed by atoms with Crippen molar-refractivity contribution in [1.29, 1.82) is 0 Å². The summed E-state index contributed by atoms with van der Waals surface area (Å²) in [4.78, 5) is 24.5. The van der Waals surface area contributed by atoms with Crippen molar-refractivity contribution in [2.24, 2.45) is 0 Å². The monoisotopic (exact) mass is 474 g/mol. The molecule has 0 unspecified atom stereocenters. The van der Waals surface area contributed by atoms with Crippen molar-refractivity contribution >= 4 is 52.4 Å². The third kappa shape index (κ3) is 5.61. The van der Waals surface area contributed by atoms with Gasteiger partial charge in [-0.15, -0.1) is 0 Å². The number of hydrogen-bond donors (Lipinski definition) is 1. The number of piperazine rings is 1. The Hall–Kier alpha value is -2.48. The highest BCUT2D eigenvalue weighted by atomic mass is 35.5. The van der Waals surface area contributed by atoms with E-state index in [-0.39, 0.29) is 5.56 Å². The van der Waals surface area contributed by atoms with Gasteiger partial charge < -0.3 is 14.9 Å². The third-order valence-corrected chi connectivity index (χ3v) is 6.35. The van der Waals surface area contributed by atoms with Crippen LogP contribution >= 0.6 is 35.0 Å². The van der Waals surface area contributed by atoms with Crippen molar-refractivity contribution in [3.8, 4) is 0 Å². The summed E-state index contributed by atoms with van der Waals surface area (Å²) >= 11 is 13.9. The van der Waals surface area contributed by atoms with Crippen LogP contribution in [-0.4, -0.2) is 47.2 Å². The van der Waals surface area contributed by atoms with Gasteiger partial charge in [-0.05, 0) is 35.9 Å². The molecule has 1 aliphatic rings. The Labute approximate surface area is 194 Å². The summed E-state index contributed by atoms with van der Waals surface area (Å²) in [7, 11) is 0. The average Bonchev–Trinajstić information content (AvgIpc) is 2.78. The maximum Gasteiger partial charge on any atom is 0.335 e. The molecule has 1 aromatic heterocycles. The maximum atomic E-state index is 11.0. The lowest BCUT2D eigenvalue weighted by Crippen LogP contribution is -2.46. The summed E-state index contributed by atoms with van der Waals surface area (Å²) in [5.41, 5.74) is 2.39. The van der Waals surface area contributed by atoms with E-state index in [9.17, 15) is 4.79 Å². The maximum absolute atomic E-state index is 11.0. The number of hydrogen-bond acceptors (Lipinski definition) is 6. The minimum atomic E-state index is -0.933.